The molecule has 0 atom stereocenters. The second-order valence-corrected chi connectivity index (χ2v) is 8.02. The summed E-state index contributed by atoms with van der Waals surface area (Å²) in [4.78, 5) is 15.4. The number of carbonyl (C=O) groups is 1. The monoisotopic (exact) mass is 374 g/mol. The number of thiazole rings is 1. The van der Waals surface area contributed by atoms with Gasteiger partial charge in [0.15, 0.2) is 5.13 Å². The fraction of sp³-hybridized carbons (Fsp3) is 0.286. The van der Waals surface area contributed by atoms with Gasteiger partial charge in [-0.15, -0.1) is 11.3 Å². The van der Waals surface area contributed by atoms with Crippen molar-refractivity contribution >= 4 is 44.1 Å². The summed E-state index contributed by atoms with van der Waals surface area (Å²) < 4.78 is 27.2. The topological polar surface area (TPSA) is 96.4 Å². The molecule has 2 rings (SSSR count). The van der Waals surface area contributed by atoms with E-state index in [2.05, 4.69) is 9.71 Å². The third-order valence-corrected chi connectivity index (χ3v) is 6.09. The Kier molecular flexibility index (Phi) is 5.61. The average Bonchev–Trinajstić information content (AvgIpc) is 2.88. The molecule has 0 aliphatic rings. The molecule has 2 aromatic rings. The number of sulfonamides is 1. The van der Waals surface area contributed by atoms with E-state index in [-0.39, 0.29) is 16.4 Å². The highest BCUT2D eigenvalue weighted by molar-refractivity contribution is 7.93. The Morgan fingerprint density at radius 3 is 2.87 bits per heavy atom. The van der Waals surface area contributed by atoms with Crippen molar-refractivity contribution in [2.75, 3.05) is 4.72 Å². The van der Waals surface area contributed by atoms with Crippen molar-refractivity contribution in [2.45, 2.75) is 31.1 Å². The summed E-state index contributed by atoms with van der Waals surface area (Å²) >= 11 is 7.15. The molecule has 0 radical (unpaired) electrons. The number of halogens is 1. The molecule has 0 aliphatic carbocycles. The fourth-order valence-electron chi connectivity index (χ4n) is 1.93. The lowest BCUT2D eigenvalue weighted by atomic mass is 10.2. The quantitative estimate of drug-likeness (QED) is 0.774. The molecule has 23 heavy (non-hydrogen) atoms. The SMILES string of the molecule is Cc1c(Cl)cccc1S(=O)(=O)Nc1ncc(CCCC(=O)O)s1. The summed E-state index contributed by atoms with van der Waals surface area (Å²) in [5.74, 6) is -0.855. The highest BCUT2D eigenvalue weighted by atomic mass is 35.5. The molecule has 2 N–H and O–H groups in total. The normalized spacial score (nSPS) is 11.4. The van der Waals surface area contributed by atoms with Gasteiger partial charge in [0, 0.05) is 22.5 Å². The van der Waals surface area contributed by atoms with E-state index in [0.717, 1.165) is 4.88 Å². The molecule has 1 aromatic heterocycles. The van der Waals surface area contributed by atoms with E-state index >= 15 is 0 Å². The van der Waals surface area contributed by atoms with Crippen LogP contribution in [0.5, 0.6) is 0 Å². The largest absolute Gasteiger partial charge is 0.481 e. The maximum absolute atomic E-state index is 12.4. The molecule has 9 heteroatoms. The second-order valence-electron chi connectivity index (χ2n) is 4.85. The first-order valence-electron chi connectivity index (χ1n) is 6.74. The Bertz CT molecular complexity index is 818. The number of rotatable bonds is 7. The highest BCUT2D eigenvalue weighted by Gasteiger charge is 2.19. The molecule has 0 unspecified atom stereocenters. The number of nitrogens with zero attached hydrogens (tertiary/aromatic N) is 1. The number of anilines is 1. The molecule has 6 nitrogen and oxygen atoms in total. The smallest absolute Gasteiger partial charge is 0.303 e. The molecule has 0 spiro atoms. The van der Waals surface area contributed by atoms with Gasteiger partial charge in [0.25, 0.3) is 10.0 Å². The van der Waals surface area contributed by atoms with Gasteiger partial charge in [-0.3, -0.25) is 9.52 Å². The molecular formula is C14H15ClN2O4S2. The van der Waals surface area contributed by atoms with Gasteiger partial charge in [-0.05, 0) is 37.5 Å². The third-order valence-electron chi connectivity index (χ3n) is 3.10. The summed E-state index contributed by atoms with van der Waals surface area (Å²) in [6.07, 6.45) is 2.65. The highest BCUT2D eigenvalue weighted by Crippen LogP contribution is 2.27. The molecule has 0 saturated heterocycles. The Morgan fingerprint density at radius 1 is 1.43 bits per heavy atom. The zero-order valence-corrected chi connectivity index (χ0v) is 14.6. The van der Waals surface area contributed by atoms with Crippen molar-refractivity contribution in [1.29, 1.82) is 0 Å². The standard InChI is InChI=1S/C14H15ClN2O4S2/c1-9-11(15)5-3-6-12(9)23(20,21)17-14-16-8-10(22-14)4-2-7-13(18)19/h3,5-6,8H,2,4,7H2,1H3,(H,16,17)(H,18,19). The molecule has 0 fully saturated rings. The van der Waals surface area contributed by atoms with E-state index in [0.29, 0.717) is 23.4 Å². The summed E-state index contributed by atoms with van der Waals surface area (Å²) in [6, 6.07) is 4.67. The van der Waals surface area contributed by atoms with Crippen LogP contribution in [-0.4, -0.2) is 24.5 Å². The maximum atomic E-state index is 12.4. The van der Waals surface area contributed by atoms with Crippen LogP contribution < -0.4 is 4.72 Å². The minimum atomic E-state index is -3.77. The van der Waals surface area contributed by atoms with Gasteiger partial charge in [-0.2, -0.15) is 0 Å². The van der Waals surface area contributed by atoms with E-state index in [9.17, 15) is 13.2 Å². The Morgan fingerprint density at radius 2 is 2.17 bits per heavy atom. The lowest BCUT2D eigenvalue weighted by Crippen LogP contribution is -2.14. The van der Waals surface area contributed by atoms with Crippen molar-refractivity contribution < 1.29 is 18.3 Å². The Balaban J connectivity index is 2.11. The van der Waals surface area contributed by atoms with Gasteiger partial charge < -0.3 is 5.11 Å². The van der Waals surface area contributed by atoms with Crippen LogP contribution in [0.15, 0.2) is 29.3 Å². The number of aliphatic carboxylic acids is 1. The minimum Gasteiger partial charge on any atom is -0.481 e. The molecular weight excluding hydrogens is 360 g/mol. The summed E-state index contributed by atoms with van der Waals surface area (Å²) in [6.45, 7) is 1.63. The number of carboxylic acids is 1. The molecule has 124 valence electrons. The van der Waals surface area contributed by atoms with Gasteiger partial charge in [0.1, 0.15) is 0 Å². The molecule has 0 bridgehead atoms. The van der Waals surface area contributed by atoms with Crippen LogP contribution in [0.2, 0.25) is 5.02 Å². The van der Waals surface area contributed by atoms with E-state index < -0.39 is 16.0 Å². The average molecular weight is 375 g/mol. The first-order valence-corrected chi connectivity index (χ1v) is 9.42. The van der Waals surface area contributed by atoms with Crippen LogP contribution >= 0.6 is 22.9 Å². The lowest BCUT2D eigenvalue weighted by Gasteiger charge is -2.09. The number of aromatic nitrogens is 1. The number of benzene rings is 1. The van der Waals surface area contributed by atoms with Gasteiger partial charge in [0.05, 0.1) is 4.90 Å². The Hall–Kier alpha value is -1.64. The van der Waals surface area contributed by atoms with Gasteiger partial charge in [-0.25, -0.2) is 13.4 Å². The fourth-order valence-corrected chi connectivity index (χ4v) is 4.53. The molecule has 1 aromatic carbocycles. The predicted octanol–water partition coefficient (Wildman–Crippen LogP) is 3.31. The minimum absolute atomic E-state index is 0.0701. The van der Waals surface area contributed by atoms with Gasteiger partial charge in [-0.1, -0.05) is 17.7 Å². The first-order chi connectivity index (χ1) is 10.8. The van der Waals surface area contributed by atoms with Crippen molar-refractivity contribution in [3.63, 3.8) is 0 Å². The zero-order valence-electron chi connectivity index (χ0n) is 12.2. The van der Waals surface area contributed by atoms with Crippen molar-refractivity contribution in [1.82, 2.24) is 4.98 Å². The van der Waals surface area contributed by atoms with E-state index in [1.54, 1.807) is 25.3 Å². The van der Waals surface area contributed by atoms with Crippen LogP contribution in [0.4, 0.5) is 5.13 Å². The second kappa shape index (κ2) is 7.29. The first kappa shape index (κ1) is 17.7. The van der Waals surface area contributed by atoms with Crippen molar-refractivity contribution in [2.24, 2.45) is 0 Å². The van der Waals surface area contributed by atoms with Crippen LogP contribution in [0.3, 0.4) is 0 Å². The number of hydrogen-bond acceptors (Lipinski definition) is 5. The van der Waals surface area contributed by atoms with E-state index in [1.165, 1.54) is 17.4 Å². The Labute approximate surface area is 143 Å². The molecule has 0 amide bonds. The van der Waals surface area contributed by atoms with E-state index in [4.69, 9.17) is 16.7 Å². The number of carboxylic acid groups (broad SMARTS) is 1. The molecule has 1 heterocycles. The lowest BCUT2D eigenvalue weighted by molar-refractivity contribution is -0.137. The van der Waals surface area contributed by atoms with Crippen LogP contribution in [-0.2, 0) is 21.2 Å². The maximum Gasteiger partial charge on any atom is 0.303 e. The van der Waals surface area contributed by atoms with Crippen LogP contribution in [0, 0.1) is 6.92 Å². The molecule has 0 saturated carbocycles. The number of aryl methyl sites for hydroxylation is 1. The van der Waals surface area contributed by atoms with Gasteiger partial charge in [0.2, 0.25) is 0 Å². The summed E-state index contributed by atoms with van der Waals surface area (Å²) in [5, 5.41) is 9.23. The van der Waals surface area contributed by atoms with Crippen molar-refractivity contribution in [3.05, 3.63) is 39.9 Å². The van der Waals surface area contributed by atoms with Crippen LogP contribution in [0.1, 0.15) is 23.3 Å². The zero-order chi connectivity index (χ0) is 17.0. The number of nitrogens with one attached hydrogen (secondary N) is 1. The van der Waals surface area contributed by atoms with Crippen LogP contribution in [0.25, 0.3) is 0 Å². The number of hydrogen-bond donors (Lipinski definition) is 2. The third kappa shape index (κ3) is 4.66. The summed E-state index contributed by atoms with van der Waals surface area (Å²) in [7, 11) is -3.77. The predicted molar refractivity (Wildman–Crippen MR) is 89.7 cm³/mol. The van der Waals surface area contributed by atoms with E-state index in [1.807, 2.05) is 0 Å². The summed E-state index contributed by atoms with van der Waals surface area (Å²) in [5.41, 5.74) is 0.472. The van der Waals surface area contributed by atoms with Gasteiger partial charge >= 0.3 is 5.97 Å². The van der Waals surface area contributed by atoms with Crippen molar-refractivity contribution in [3.8, 4) is 0 Å². The molecule has 0 aliphatic heterocycles.